The lowest BCUT2D eigenvalue weighted by molar-refractivity contribution is 0.313. The number of likely N-dealkylation sites (N-methyl/N-ethyl adjacent to an activating group) is 1. The van der Waals surface area contributed by atoms with Gasteiger partial charge in [-0.15, -0.1) is 0 Å². The van der Waals surface area contributed by atoms with Crippen LogP contribution in [0.4, 0.5) is 0 Å². The summed E-state index contributed by atoms with van der Waals surface area (Å²) in [4.78, 5) is 6.43. The molecule has 5 heteroatoms. The van der Waals surface area contributed by atoms with Gasteiger partial charge in [0, 0.05) is 18.3 Å². The van der Waals surface area contributed by atoms with Crippen molar-refractivity contribution in [1.29, 1.82) is 0 Å². The molecule has 0 amide bonds. The Hall–Kier alpha value is -1.75. The number of benzene rings is 1. The van der Waals surface area contributed by atoms with E-state index in [-0.39, 0.29) is 11.5 Å². The van der Waals surface area contributed by atoms with Crippen molar-refractivity contribution in [3.63, 3.8) is 0 Å². The van der Waals surface area contributed by atoms with Gasteiger partial charge in [-0.3, -0.25) is 4.99 Å². The second-order valence-corrected chi connectivity index (χ2v) is 3.93. The molecule has 1 aromatic carbocycles. The summed E-state index contributed by atoms with van der Waals surface area (Å²) < 4.78 is 0. The molecule has 0 bridgehead atoms. The zero-order chi connectivity index (χ0) is 13.5. The Labute approximate surface area is 107 Å². The van der Waals surface area contributed by atoms with E-state index in [4.69, 9.17) is 0 Å². The number of hydrogen-bond acceptors (Lipinski definition) is 5. The van der Waals surface area contributed by atoms with Crippen LogP contribution in [0.3, 0.4) is 0 Å². The van der Waals surface area contributed by atoms with Crippen LogP contribution in [0.15, 0.2) is 17.1 Å². The molecule has 0 atom stereocenters. The highest BCUT2D eigenvalue weighted by Gasteiger charge is 2.08. The maximum atomic E-state index is 9.57. The van der Waals surface area contributed by atoms with E-state index in [0.717, 1.165) is 19.6 Å². The van der Waals surface area contributed by atoms with Gasteiger partial charge in [0.15, 0.2) is 11.5 Å². The minimum absolute atomic E-state index is 0.340. The fourth-order valence-electron chi connectivity index (χ4n) is 1.59. The van der Waals surface area contributed by atoms with Crippen molar-refractivity contribution in [3.05, 3.63) is 17.7 Å². The molecular formula is C13H20N2O3. The standard InChI is InChI=1S/C13H20N2O3/c1-3-15(4-2)8-7-14-9-10-5-6-11(16)13(18)12(10)17/h5-6,9,16-18H,3-4,7-8H2,1-2H3. The van der Waals surface area contributed by atoms with Crippen LogP contribution in [0, 0.1) is 0 Å². The molecule has 0 radical (unpaired) electrons. The van der Waals surface area contributed by atoms with Crippen LogP contribution >= 0.6 is 0 Å². The van der Waals surface area contributed by atoms with E-state index in [9.17, 15) is 15.3 Å². The Morgan fingerprint density at radius 2 is 1.78 bits per heavy atom. The van der Waals surface area contributed by atoms with Gasteiger partial charge >= 0.3 is 0 Å². The average Bonchev–Trinajstić information content (AvgIpc) is 2.38. The third-order valence-corrected chi connectivity index (χ3v) is 2.83. The summed E-state index contributed by atoms with van der Waals surface area (Å²) in [7, 11) is 0. The highest BCUT2D eigenvalue weighted by Crippen LogP contribution is 2.36. The van der Waals surface area contributed by atoms with Crippen molar-refractivity contribution in [2.75, 3.05) is 26.2 Å². The molecule has 0 aromatic heterocycles. The van der Waals surface area contributed by atoms with Crippen molar-refractivity contribution < 1.29 is 15.3 Å². The van der Waals surface area contributed by atoms with Gasteiger partial charge in [0.05, 0.1) is 6.54 Å². The van der Waals surface area contributed by atoms with Gasteiger partial charge < -0.3 is 20.2 Å². The van der Waals surface area contributed by atoms with Gasteiger partial charge in [0.2, 0.25) is 5.75 Å². The zero-order valence-corrected chi connectivity index (χ0v) is 10.8. The van der Waals surface area contributed by atoms with Gasteiger partial charge in [-0.25, -0.2) is 0 Å². The molecule has 1 aromatic rings. The van der Waals surface area contributed by atoms with Crippen molar-refractivity contribution >= 4 is 6.21 Å². The summed E-state index contributed by atoms with van der Waals surface area (Å²) >= 11 is 0. The van der Waals surface area contributed by atoms with Crippen molar-refractivity contribution in [1.82, 2.24) is 4.90 Å². The summed E-state index contributed by atoms with van der Waals surface area (Å²) in [5.74, 6) is -1.20. The van der Waals surface area contributed by atoms with E-state index < -0.39 is 5.75 Å². The molecule has 100 valence electrons. The largest absolute Gasteiger partial charge is 0.504 e. The zero-order valence-electron chi connectivity index (χ0n) is 10.8. The van der Waals surface area contributed by atoms with E-state index in [1.807, 2.05) is 0 Å². The number of nitrogens with zero attached hydrogens (tertiary/aromatic N) is 2. The maximum absolute atomic E-state index is 9.57. The van der Waals surface area contributed by atoms with Crippen LogP contribution in [0.2, 0.25) is 0 Å². The van der Waals surface area contributed by atoms with Crippen LogP contribution in [0.1, 0.15) is 19.4 Å². The maximum Gasteiger partial charge on any atom is 0.200 e. The number of rotatable bonds is 6. The molecule has 0 heterocycles. The van der Waals surface area contributed by atoms with Gasteiger partial charge in [-0.05, 0) is 25.2 Å². The highest BCUT2D eigenvalue weighted by molar-refractivity contribution is 5.85. The molecule has 3 N–H and O–H groups in total. The lowest BCUT2D eigenvalue weighted by Crippen LogP contribution is -2.25. The Morgan fingerprint density at radius 1 is 1.11 bits per heavy atom. The fourth-order valence-corrected chi connectivity index (χ4v) is 1.59. The van der Waals surface area contributed by atoms with Crippen LogP contribution in [0.25, 0.3) is 0 Å². The van der Waals surface area contributed by atoms with E-state index in [1.54, 1.807) is 0 Å². The number of aliphatic imine (C=N–C) groups is 1. The Balaban J connectivity index is 2.60. The van der Waals surface area contributed by atoms with E-state index in [2.05, 4.69) is 23.7 Å². The lowest BCUT2D eigenvalue weighted by Gasteiger charge is -2.15. The molecule has 0 unspecified atom stereocenters. The second kappa shape index (κ2) is 6.86. The van der Waals surface area contributed by atoms with Crippen molar-refractivity contribution in [3.8, 4) is 17.2 Å². The topological polar surface area (TPSA) is 76.3 Å². The number of phenols is 3. The van der Waals surface area contributed by atoms with Gasteiger partial charge in [0.25, 0.3) is 0 Å². The predicted octanol–water partition coefficient (Wildman–Crippen LogP) is 1.56. The predicted molar refractivity (Wildman–Crippen MR) is 71.7 cm³/mol. The molecule has 0 aliphatic rings. The van der Waals surface area contributed by atoms with Crippen LogP contribution in [-0.4, -0.2) is 52.6 Å². The third-order valence-electron chi connectivity index (χ3n) is 2.83. The second-order valence-electron chi connectivity index (χ2n) is 3.93. The molecule has 0 fully saturated rings. The molecule has 0 aliphatic heterocycles. The summed E-state index contributed by atoms with van der Waals surface area (Å²) in [6.07, 6.45) is 1.50. The minimum Gasteiger partial charge on any atom is -0.504 e. The Morgan fingerprint density at radius 3 is 2.39 bits per heavy atom. The Bertz CT molecular complexity index is 415. The summed E-state index contributed by atoms with van der Waals surface area (Å²) in [5, 5.41) is 28.1. The average molecular weight is 252 g/mol. The third kappa shape index (κ3) is 3.63. The number of phenolic OH excluding ortho intramolecular Hbond substituents is 3. The van der Waals surface area contributed by atoms with E-state index >= 15 is 0 Å². The van der Waals surface area contributed by atoms with Crippen LogP contribution in [0.5, 0.6) is 17.2 Å². The van der Waals surface area contributed by atoms with Crippen LogP contribution < -0.4 is 0 Å². The quantitative estimate of drug-likeness (QED) is 0.530. The van der Waals surface area contributed by atoms with Gasteiger partial charge in [0.1, 0.15) is 0 Å². The first kappa shape index (κ1) is 14.3. The smallest absolute Gasteiger partial charge is 0.200 e. The SMILES string of the molecule is CCN(CC)CCN=Cc1ccc(O)c(O)c1O. The summed E-state index contributed by atoms with van der Waals surface area (Å²) in [6, 6.07) is 2.83. The highest BCUT2D eigenvalue weighted by atomic mass is 16.3. The number of hydrogen-bond donors (Lipinski definition) is 3. The van der Waals surface area contributed by atoms with Crippen LogP contribution in [-0.2, 0) is 0 Å². The van der Waals surface area contributed by atoms with Gasteiger partial charge in [-0.2, -0.15) is 0 Å². The van der Waals surface area contributed by atoms with Crippen molar-refractivity contribution in [2.45, 2.75) is 13.8 Å². The van der Waals surface area contributed by atoms with Crippen molar-refractivity contribution in [2.24, 2.45) is 4.99 Å². The Kier molecular flexibility index (Phi) is 5.45. The first-order valence-electron chi connectivity index (χ1n) is 6.06. The number of aromatic hydroxyl groups is 3. The minimum atomic E-state index is -0.511. The normalized spacial score (nSPS) is 11.5. The molecule has 1 rings (SSSR count). The monoisotopic (exact) mass is 252 g/mol. The fraction of sp³-hybridized carbons (Fsp3) is 0.462. The molecular weight excluding hydrogens is 232 g/mol. The summed E-state index contributed by atoms with van der Waals surface area (Å²) in [5.41, 5.74) is 0.393. The first-order chi connectivity index (χ1) is 8.60. The molecule has 0 saturated heterocycles. The molecule has 18 heavy (non-hydrogen) atoms. The van der Waals surface area contributed by atoms with E-state index in [0.29, 0.717) is 12.1 Å². The molecule has 0 spiro atoms. The van der Waals surface area contributed by atoms with E-state index in [1.165, 1.54) is 18.3 Å². The van der Waals surface area contributed by atoms with Gasteiger partial charge in [-0.1, -0.05) is 13.8 Å². The molecule has 5 nitrogen and oxygen atoms in total. The first-order valence-corrected chi connectivity index (χ1v) is 6.06. The molecule has 0 saturated carbocycles. The molecule has 0 aliphatic carbocycles. The summed E-state index contributed by atoms with van der Waals surface area (Å²) in [6.45, 7) is 7.64. The lowest BCUT2D eigenvalue weighted by atomic mass is 10.2.